The molecular formula is C23H20F2N4O2. The predicted octanol–water partition coefficient (Wildman–Crippen LogP) is 4.83. The van der Waals surface area contributed by atoms with E-state index in [1.807, 2.05) is 37.3 Å². The zero-order chi connectivity index (χ0) is 22.0. The largest absolute Gasteiger partial charge is 0.497 e. The normalized spacial score (nSPS) is 12.2. The first-order valence-electron chi connectivity index (χ1n) is 9.65. The smallest absolute Gasteiger partial charge is 0.280 e. The molecule has 0 aliphatic rings. The molecule has 6 nitrogen and oxygen atoms in total. The Morgan fingerprint density at radius 2 is 1.81 bits per heavy atom. The molecule has 0 aliphatic heterocycles. The molecule has 1 N–H and O–H groups in total. The average molecular weight is 422 g/mol. The van der Waals surface area contributed by atoms with Crippen LogP contribution in [-0.2, 0) is 0 Å². The topological polar surface area (TPSA) is 68.5 Å². The minimum absolute atomic E-state index is 0.0707. The number of nitrogens with zero attached hydrogens (tertiary/aromatic N) is 3. The first-order valence-corrected chi connectivity index (χ1v) is 9.65. The summed E-state index contributed by atoms with van der Waals surface area (Å²) in [6.45, 7) is 1.85. The van der Waals surface area contributed by atoms with Crippen LogP contribution in [0.1, 0.15) is 41.0 Å². The number of hydrogen-bond donors (Lipinski definition) is 1. The summed E-state index contributed by atoms with van der Waals surface area (Å²) in [5, 5.41) is 6.87. The summed E-state index contributed by atoms with van der Waals surface area (Å²) in [6, 6.07) is 17.3. The number of benzene rings is 2. The van der Waals surface area contributed by atoms with Crippen LogP contribution in [0, 0.1) is 0 Å². The van der Waals surface area contributed by atoms with Gasteiger partial charge in [-0.2, -0.15) is 5.10 Å². The molecule has 1 amide bonds. The Bertz CT molecular complexity index is 1210. The summed E-state index contributed by atoms with van der Waals surface area (Å²) in [5.74, 6) is 0.198. The van der Waals surface area contributed by atoms with Gasteiger partial charge >= 0.3 is 0 Å². The highest BCUT2D eigenvalue weighted by molar-refractivity contribution is 6.00. The van der Waals surface area contributed by atoms with Crippen molar-refractivity contribution in [1.82, 2.24) is 19.9 Å². The van der Waals surface area contributed by atoms with Crippen molar-refractivity contribution < 1.29 is 18.3 Å². The van der Waals surface area contributed by atoms with Crippen LogP contribution in [0.5, 0.6) is 5.75 Å². The molecule has 31 heavy (non-hydrogen) atoms. The van der Waals surface area contributed by atoms with Gasteiger partial charge in [0, 0.05) is 5.56 Å². The van der Waals surface area contributed by atoms with Gasteiger partial charge in [-0.1, -0.05) is 30.3 Å². The monoisotopic (exact) mass is 422 g/mol. The second-order valence-corrected chi connectivity index (χ2v) is 6.99. The number of rotatable bonds is 6. The number of carbonyl (C=O) groups is 1. The highest BCUT2D eigenvalue weighted by Gasteiger charge is 2.22. The summed E-state index contributed by atoms with van der Waals surface area (Å²) < 4.78 is 33.6. The van der Waals surface area contributed by atoms with Crippen LogP contribution in [0.3, 0.4) is 0 Å². The van der Waals surface area contributed by atoms with Crippen LogP contribution in [0.2, 0.25) is 0 Å². The summed E-state index contributed by atoms with van der Waals surface area (Å²) >= 11 is 0. The quantitative estimate of drug-likeness (QED) is 0.483. The zero-order valence-electron chi connectivity index (χ0n) is 16.9. The maximum Gasteiger partial charge on any atom is 0.280 e. The molecule has 0 radical (unpaired) electrons. The van der Waals surface area contributed by atoms with Gasteiger partial charge in [0.15, 0.2) is 5.65 Å². The van der Waals surface area contributed by atoms with Crippen molar-refractivity contribution in [2.24, 2.45) is 0 Å². The molecule has 0 bridgehead atoms. The Kier molecular flexibility index (Phi) is 5.62. The van der Waals surface area contributed by atoms with Gasteiger partial charge in [-0.3, -0.25) is 4.79 Å². The van der Waals surface area contributed by atoms with Gasteiger partial charge in [0.2, 0.25) is 0 Å². The van der Waals surface area contributed by atoms with Crippen molar-refractivity contribution in [3.8, 4) is 17.0 Å². The molecule has 4 aromatic rings. The minimum Gasteiger partial charge on any atom is -0.497 e. The highest BCUT2D eigenvalue weighted by atomic mass is 19.3. The van der Waals surface area contributed by atoms with Crippen LogP contribution in [0.15, 0.2) is 66.9 Å². The number of aromatic nitrogens is 3. The Morgan fingerprint density at radius 1 is 1.10 bits per heavy atom. The number of halogens is 2. The van der Waals surface area contributed by atoms with Gasteiger partial charge in [-0.05, 0) is 42.8 Å². The van der Waals surface area contributed by atoms with Gasteiger partial charge in [-0.15, -0.1) is 0 Å². The fourth-order valence-electron chi connectivity index (χ4n) is 3.31. The van der Waals surface area contributed by atoms with Crippen molar-refractivity contribution in [3.63, 3.8) is 0 Å². The number of carbonyl (C=O) groups excluding carboxylic acids is 1. The number of ether oxygens (including phenoxy) is 1. The summed E-state index contributed by atoms with van der Waals surface area (Å²) in [5.41, 5.74) is 1.71. The van der Waals surface area contributed by atoms with Crippen molar-refractivity contribution in [3.05, 3.63) is 83.7 Å². The maximum atomic E-state index is 13.7. The third kappa shape index (κ3) is 4.09. The van der Waals surface area contributed by atoms with Crippen molar-refractivity contribution in [2.45, 2.75) is 19.4 Å². The van der Waals surface area contributed by atoms with Gasteiger partial charge in [0.25, 0.3) is 12.3 Å². The second-order valence-electron chi connectivity index (χ2n) is 6.99. The van der Waals surface area contributed by atoms with Gasteiger partial charge in [0.05, 0.1) is 25.0 Å². The third-order valence-electron chi connectivity index (χ3n) is 5.00. The third-order valence-corrected chi connectivity index (χ3v) is 5.00. The van der Waals surface area contributed by atoms with Crippen molar-refractivity contribution >= 4 is 11.6 Å². The number of methoxy groups -OCH3 is 1. The predicted molar refractivity (Wildman–Crippen MR) is 112 cm³/mol. The zero-order valence-corrected chi connectivity index (χ0v) is 16.9. The SMILES string of the molecule is COc1ccc(-c2cc(C(F)F)n3ncc(C(=O)N[C@@H](C)c4ccccc4)c3n2)cc1. The van der Waals surface area contributed by atoms with E-state index < -0.39 is 12.3 Å². The fourth-order valence-corrected chi connectivity index (χ4v) is 3.31. The molecule has 8 heteroatoms. The number of nitrogens with one attached hydrogen (secondary N) is 1. The van der Waals surface area contributed by atoms with Crippen molar-refractivity contribution in [2.75, 3.05) is 7.11 Å². The van der Waals surface area contributed by atoms with Crippen LogP contribution >= 0.6 is 0 Å². The van der Waals surface area contributed by atoms with E-state index in [0.29, 0.717) is 17.0 Å². The number of fused-ring (bicyclic) bond motifs is 1. The van der Waals surface area contributed by atoms with Gasteiger partial charge in [0.1, 0.15) is 17.0 Å². The van der Waals surface area contributed by atoms with Crippen LogP contribution in [0.25, 0.3) is 16.9 Å². The summed E-state index contributed by atoms with van der Waals surface area (Å²) in [6.07, 6.45) is -1.53. The Morgan fingerprint density at radius 3 is 2.45 bits per heavy atom. The molecule has 2 aromatic carbocycles. The molecule has 0 fully saturated rings. The van der Waals surface area contributed by atoms with E-state index in [1.165, 1.54) is 12.3 Å². The molecule has 2 aromatic heterocycles. The molecule has 158 valence electrons. The lowest BCUT2D eigenvalue weighted by Crippen LogP contribution is -2.26. The molecule has 0 unspecified atom stereocenters. The lowest BCUT2D eigenvalue weighted by atomic mass is 10.1. The number of alkyl halides is 2. The van der Waals surface area contributed by atoms with Crippen molar-refractivity contribution in [1.29, 1.82) is 0 Å². The summed E-state index contributed by atoms with van der Waals surface area (Å²) in [4.78, 5) is 17.4. The van der Waals surface area contributed by atoms with E-state index in [0.717, 1.165) is 10.1 Å². The van der Waals surface area contributed by atoms with Gasteiger partial charge in [-0.25, -0.2) is 18.3 Å². The standard InChI is InChI=1S/C23H20F2N4O2/c1-14(15-6-4-3-5-7-15)27-23(30)18-13-26-29-20(21(24)25)12-19(28-22(18)29)16-8-10-17(31-2)11-9-16/h3-14,21H,1-2H3,(H,27,30)/t14-/m0/s1. The number of hydrogen-bond acceptors (Lipinski definition) is 4. The van der Waals surface area contributed by atoms with E-state index in [-0.39, 0.29) is 22.9 Å². The summed E-state index contributed by atoms with van der Waals surface area (Å²) in [7, 11) is 1.54. The van der Waals surface area contributed by atoms with Gasteiger partial charge < -0.3 is 10.1 Å². The maximum absolute atomic E-state index is 13.7. The van der Waals surface area contributed by atoms with E-state index in [1.54, 1.807) is 31.4 Å². The van der Waals surface area contributed by atoms with Crippen LogP contribution in [-0.4, -0.2) is 27.6 Å². The first-order chi connectivity index (χ1) is 15.0. The molecule has 4 rings (SSSR count). The first kappa shape index (κ1) is 20.5. The highest BCUT2D eigenvalue weighted by Crippen LogP contribution is 2.28. The van der Waals surface area contributed by atoms with E-state index >= 15 is 0 Å². The lowest BCUT2D eigenvalue weighted by molar-refractivity contribution is 0.0941. The Hall–Kier alpha value is -3.81. The minimum atomic E-state index is -2.79. The second kappa shape index (κ2) is 8.51. The Balaban J connectivity index is 1.74. The lowest BCUT2D eigenvalue weighted by Gasteiger charge is -2.14. The molecule has 0 saturated carbocycles. The van der Waals surface area contributed by atoms with E-state index in [9.17, 15) is 13.6 Å². The molecule has 0 saturated heterocycles. The molecule has 2 heterocycles. The average Bonchev–Trinajstić information content (AvgIpc) is 3.23. The molecule has 1 atom stereocenters. The Labute approximate surface area is 177 Å². The van der Waals surface area contributed by atoms with E-state index in [2.05, 4.69) is 15.4 Å². The van der Waals surface area contributed by atoms with E-state index in [4.69, 9.17) is 4.74 Å². The number of amides is 1. The van der Waals surface area contributed by atoms with Crippen LogP contribution < -0.4 is 10.1 Å². The van der Waals surface area contributed by atoms with Crippen LogP contribution in [0.4, 0.5) is 8.78 Å². The molecule has 0 aliphatic carbocycles. The fraction of sp³-hybridized carbons (Fsp3) is 0.174. The molecular weight excluding hydrogens is 402 g/mol. The molecule has 0 spiro atoms.